The summed E-state index contributed by atoms with van der Waals surface area (Å²) in [6.07, 6.45) is 0. The molecule has 0 aliphatic heterocycles. The second-order valence-electron chi connectivity index (χ2n) is 3.15. The zero-order chi connectivity index (χ0) is 11.8. The van der Waals surface area contributed by atoms with E-state index in [4.69, 9.17) is 10.5 Å². The van der Waals surface area contributed by atoms with Crippen molar-refractivity contribution in [3.05, 3.63) is 35.9 Å². The highest BCUT2D eigenvalue weighted by Crippen LogP contribution is 2.05. The Balaban J connectivity index is 2.63. The molecule has 0 atom stereocenters. The fraction of sp³-hybridized carbons (Fsp3) is 0.250. The Morgan fingerprint density at radius 1 is 1.12 bits per heavy atom. The van der Waals surface area contributed by atoms with E-state index in [1.54, 1.807) is 24.3 Å². The Labute approximate surface area is 97.7 Å². The average molecular weight is 231 g/mol. The zero-order valence-corrected chi connectivity index (χ0v) is 9.54. The minimum Gasteiger partial charge on any atom is -0.289 e. The van der Waals surface area contributed by atoms with Gasteiger partial charge < -0.3 is 0 Å². The molecular weight excluding hydrogens is 220 g/mol. The van der Waals surface area contributed by atoms with Crippen LogP contribution in [-0.4, -0.2) is 23.0 Å². The summed E-state index contributed by atoms with van der Waals surface area (Å²) in [6, 6.07) is 13.0. The number of hydrogen-bond donors (Lipinski definition) is 0. The van der Waals surface area contributed by atoms with E-state index in [0.717, 1.165) is 0 Å². The second-order valence-corrected chi connectivity index (χ2v) is 5.24. The molecule has 16 heavy (non-hydrogen) atoms. The number of benzene rings is 1. The summed E-state index contributed by atoms with van der Waals surface area (Å²) in [5, 5.41) is 17.2. The molecule has 1 aromatic carbocycles. The molecule has 0 heterocycles. The maximum atomic E-state index is 11.8. The molecule has 1 rings (SSSR count). The number of hydrogen-bond acceptors (Lipinski definition) is 3. The fourth-order valence-electron chi connectivity index (χ4n) is 1.23. The highest BCUT2D eigenvalue weighted by atomic mass is 32.2. The van der Waals surface area contributed by atoms with Crippen LogP contribution in [0, 0.1) is 22.7 Å². The van der Waals surface area contributed by atoms with E-state index in [1.165, 1.54) is 0 Å². The van der Waals surface area contributed by atoms with Gasteiger partial charge in [0.15, 0.2) is 17.3 Å². The lowest BCUT2D eigenvalue weighted by Crippen LogP contribution is -2.21. The molecule has 0 aliphatic carbocycles. The first-order chi connectivity index (χ1) is 7.77. The summed E-state index contributed by atoms with van der Waals surface area (Å²) in [4.78, 5) is 11.8. The van der Waals surface area contributed by atoms with E-state index in [1.807, 2.05) is 18.2 Å². The SMILES string of the molecule is N#CC[S+](CC#N)CC(=O)c1ccccc1. The quantitative estimate of drug-likeness (QED) is 0.570. The minimum absolute atomic E-state index is 0.00873. The van der Waals surface area contributed by atoms with Crippen LogP contribution in [0.5, 0.6) is 0 Å². The van der Waals surface area contributed by atoms with Crippen LogP contribution in [-0.2, 0) is 10.9 Å². The van der Waals surface area contributed by atoms with Gasteiger partial charge in [0.05, 0.1) is 0 Å². The van der Waals surface area contributed by atoms with Crippen molar-refractivity contribution in [1.82, 2.24) is 0 Å². The maximum Gasteiger partial charge on any atom is 0.211 e. The van der Waals surface area contributed by atoms with Crippen LogP contribution < -0.4 is 0 Å². The van der Waals surface area contributed by atoms with Crippen molar-refractivity contribution < 1.29 is 4.79 Å². The molecule has 0 saturated carbocycles. The van der Waals surface area contributed by atoms with Crippen molar-refractivity contribution in [2.75, 3.05) is 17.3 Å². The van der Waals surface area contributed by atoms with Crippen LogP contribution in [0.15, 0.2) is 30.3 Å². The molecule has 0 aliphatic rings. The van der Waals surface area contributed by atoms with E-state index in [9.17, 15) is 4.79 Å². The summed E-state index contributed by atoms with van der Waals surface area (Å²) in [6.45, 7) is 0. The first-order valence-corrected chi connectivity index (χ1v) is 6.47. The molecule has 0 saturated heterocycles. The molecule has 0 fully saturated rings. The third-order valence-electron chi connectivity index (χ3n) is 1.97. The molecule has 0 aromatic heterocycles. The largest absolute Gasteiger partial charge is 0.289 e. The zero-order valence-electron chi connectivity index (χ0n) is 8.72. The first-order valence-electron chi connectivity index (χ1n) is 4.74. The van der Waals surface area contributed by atoms with Gasteiger partial charge in [0.25, 0.3) is 0 Å². The summed E-state index contributed by atoms with van der Waals surface area (Å²) in [5.41, 5.74) is 0.649. The van der Waals surface area contributed by atoms with Gasteiger partial charge >= 0.3 is 0 Å². The van der Waals surface area contributed by atoms with Gasteiger partial charge in [-0.25, -0.2) is 0 Å². The van der Waals surface area contributed by atoms with Gasteiger partial charge in [0.1, 0.15) is 12.1 Å². The monoisotopic (exact) mass is 231 g/mol. The van der Waals surface area contributed by atoms with Crippen LogP contribution in [0.2, 0.25) is 0 Å². The standard InChI is InChI=1S/C12H11N2OS/c13-6-8-16(9-7-14)10-12(15)11-4-2-1-3-5-11/h1-5H,8-10H2/q+1. The summed E-state index contributed by atoms with van der Waals surface area (Å²) < 4.78 is 0. The Morgan fingerprint density at radius 3 is 2.19 bits per heavy atom. The van der Waals surface area contributed by atoms with E-state index < -0.39 is 10.9 Å². The lowest BCUT2D eigenvalue weighted by atomic mass is 10.2. The molecule has 3 nitrogen and oxygen atoms in total. The molecule has 1 aromatic rings. The number of nitriles is 2. The molecule has 80 valence electrons. The van der Waals surface area contributed by atoms with E-state index in [2.05, 4.69) is 0 Å². The van der Waals surface area contributed by atoms with Gasteiger partial charge in [-0.3, -0.25) is 4.79 Å². The van der Waals surface area contributed by atoms with Gasteiger partial charge in [-0.05, 0) is 0 Å². The minimum atomic E-state index is -0.427. The van der Waals surface area contributed by atoms with Crippen LogP contribution >= 0.6 is 0 Å². The predicted molar refractivity (Wildman–Crippen MR) is 64.0 cm³/mol. The number of ketones is 1. The molecule has 4 heteroatoms. The number of Topliss-reactive ketones (excluding diaryl/α,β-unsaturated/α-hetero) is 1. The lowest BCUT2D eigenvalue weighted by Gasteiger charge is -2.00. The summed E-state index contributed by atoms with van der Waals surface area (Å²) in [5.74, 6) is 0.873. The Morgan fingerprint density at radius 2 is 1.69 bits per heavy atom. The van der Waals surface area contributed by atoms with Gasteiger partial charge in [0, 0.05) is 16.5 Å². The highest BCUT2D eigenvalue weighted by Gasteiger charge is 2.22. The van der Waals surface area contributed by atoms with Gasteiger partial charge in [-0.15, -0.1) is 0 Å². The fourth-order valence-corrected chi connectivity index (χ4v) is 2.44. The topological polar surface area (TPSA) is 64.7 Å². The average Bonchev–Trinajstić information content (AvgIpc) is 2.31. The normalized spacial score (nSPS) is 9.44. The van der Waals surface area contributed by atoms with Crippen molar-refractivity contribution in [2.24, 2.45) is 0 Å². The van der Waals surface area contributed by atoms with Gasteiger partial charge in [-0.1, -0.05) is 30.3 Å². The van der Waals surface area contributed by atoms with Crippen molar-refractivity contribution in [3.63, 3.8) is 0 Å². The Bertz CT molecular complexity index is 415. The maximum absolute atomic E-state index is 11.8. The Kier molecular flexibility index (Phi) is 5.11. The molecule has 0 spiro atoms. The van der Waals surface area contributed by atoms with Crippen molar-refractivity contribution in [2.45, 2.75) is 0 Å². The van der Waals surface area contributed by atoms with Crippen LogP contribution in [0.1, 0.15) is 10.4 Å². The van der Waals surface area contributed by atoms with Gasteiger partial charge in [0.2, 0.25) is 5.78 Å². The number of carbonyl (C=O) groups excluding carboxylic acids is 1. The number of rotatable bonds is 5. The van der Waals surface area contributed by atoms with Gasteiger partial charge in [-0.2, -0.15) is 10.5 Å². The summed E-state index contributed by atoms with van der Waals surface area (Å²) in [7, 11) is -0.427. The van der Waals surface area contributed by atoms with Crippen molar-refractivity contribution in [1.29, 1.82) is 10.5 Å². The van der Waals surface area contributed by atoms with E-state index >= 15 is 0 Å². The highest BCUT2D eigenvalue weighted by molar-refractivity contribution is 7.97. The van der Waals surface area contributed by atoms with Crippen molar-refractivity contribution >= 4 is 16.7 Å². The smallest absolute Gasteiger partial charge is 0.211 e. The van der Waals surface area contributed by atoms with E-state index in [0.29, 0.717) is 11.3 Å². The van der Waals surface area contributed by atoms with Crippen molar-refractivity contribution in [3.8, 4) is 12.1 Å². The first kappa shape index (κ1) is 12.3. The van der Waals surface area contributed by atoms with Crippen LogP contribution in [0.25, 0.3) is 0 Å². The Hall–Kier alpha value is -1.78. The molecule has 0 amide bonds. The molecule has 0 N–H and O–H groups in total. The molecule has 0 unspecified atom stereocenters. The third-order valence-corrected chi connectivity index (χ3v) is 3.71. The predicted octanol–water partition coefficient (Wildman–Crippen LogP) is 1.53. The summed E-state index contributed by atoms with van der Waals surface area (Å²) >= 11 is 0. The van der Waals surface area contributed by atoms with Crippen LogP contribution in [0.4, 0.5) is 0 Å². The molecule has 0 bridgehead atoms. The second kappa shape index (κ2) is 6.66. The van der Waals surface area contributed by atoms with E-state index in [-0.39, 0.29) is 17.3 Å². The third kappa shape index (κ3) is 3.76. The number of nitrogens with zero attached hydrogens (tertiary/aromatic N) is 2. The molecular formula is C12H11N2OS+. The number of carbonyl (C=O) groups is 1. The van der Waals surface area contributed by atoms with Crippen LogP contribution in [0.3, 0.4) is 0 Å². The molecule has 0 radical (unpaired) electrons. The lowest BCUT2D eigenvalue weighted by molar-refractivity contribution is 0.102.